The van der Waals surface area contributed by atoms with Crippen molar-refractivity contribution in [2.75, 3.05) is 19.6 Å². The lowest BCUT2D eigenvalue weighted by Gasteiger charge is -2.47. The number of piperidine rings is 1. The predicted molar refractivity (Wildman–Crippen MR) is 83.4 cm³/mol. The van der Waals surface area contributed by atoms with Crippen LogP contribution in [0, 0.1) is 5.21 Å². The van der Waals surface area contributed by atoms with E-state index < -0.39 is 71.3 Å². The molecule has 0 aromatic carbocycles. The second kappa shape index (κ2) is 9.16. The molecule has 1 unspecified atom stereocenters. The van der Waals surface area contributed by atoms with Crippen LogP contribution in [0.5, 0.6) is 0 Å². The quantitative estimate of drug-likeness (QED) is 0.190. The summed E-state index contributed by atoms with van der Waals surface area (Å²) in [5.41, 5.74) is 0. The summed E-state index contributed by atoms with van der Waals surface area (Å²) in [7, 11) is 0. The molecule has 1 N–H and O–H groups in total. The van der Waals surface area contributed by atoms with E-state index in [4.69, 9.17) is 0 Å². The largest absolute Gasteiger partial charge is 0.633 e. The summed E-state index contributed by atoms with van der Waals surface area (Å²) < 4.78 is 223. The number of rotatable bonds is 10. The number of hydrogen-bond donors (Lipinski definition) is 1. The highest BCUT2D eigenvalue weighted by Crippen LogP contribution is 2.64. The van der Waals surface area contributed by atoms with Gasteiger partial charge in [0, 0.05) is 6.42 Å². The number of quaternary nitrogens is 1. The number of hydrogen-bond acceptors (Lipinski definition) is 2. The maximum absolute atomic E-state index is 13.9. The number of hydroxylamine groups is 3. The molecule has 36 heavy (non-hydrogen) atoms. The molecule has 1 saturated heterocycles. The van der Waals surface area contributed by atoms with Crippen LogP contribution in [0.15, 0.2) is 0 Å². The van der Waals surface area contributed by atoms with E-state index in [1.807, 2.05) is 0 Å². The van der Waals surface area contributed by atoms with Gasteiger partial charge in [-0.05, 0) is 19.3 Å². The van der Waals surface area contributed by atoms with Crippen molar-refractivity contribution < 1.29 is 84.4 Å². The minimum Gasteiger partial charge on any atom is -0.633 e. The van der Waals surface area contributed by atoms with Gasteiger partial charge in [-0.15, -0.1) is 0 Å². The Balaban J connectivity index is 3.38. The van der Waals surface area contributed by atoms with Gasteiger partial charge in [-0.3, -0.25) is 0 Å². The maximum Gasteiger partial charge on any atom is 0.460 e. The van der Waals surface area contributed by atoms with Crippen LogP contribution in [-0.2, 0) is 0 Å². The third kappa shape index (κ3) is 4.92. The summed E-state index contributed by atoms with van der Waals surface area (Å²) >= 11 is 0. The van der Waals surface area contributed by atoms with Gasteiger partial charge in [0.25, 0.3) is 0 Å². The first-order chi connectivity index (χ1) is 15.6. The Bertz CT molecular complexity index is 773. The molecule has 1 heterocycles. The molecule has 216 valence electrons. The van der Waals surface area contributed by atoms with Gasteiger partial charge >= 0.3 is 47.6 Å². The van der Waals surface area contributed by atoms with Gasteiger partial charge in [0.15, 0.2) is 0 Å². The topological polar surface area (TPSA) is 43.3 Å². The van der Waals surface area contributed by atoms with Gasteiger partial charge in [-0.25, -0.2) is 0 Å². The van der Waals surface area contributed by atoms with Crippen LogP contribution < -0.4 is 0 Å². The van der Waals surface area contributed by atoms with Gasteiger partial charge in [0.05, 0.1) is 13.1 Å². The first-order valence-electron chi connectivity index (χ1n) is 9.52. The standard InChI is InChI=1S/C16H16F17NO2/c17-9(18,6-8(35)7-34(36)4-2-1-3-5-34)10(19,20)11(21,22)12(23,24)13(25,26)14(27,28)15(29,30)16(31,32)33/h8,35H,1-7H2. The number of alkyl halides is 17. The van der Waals surface area contributed by atoms with E-state index in [1.165, 1.54) is 0 Å². The summed E-state index contributed by atoms with van der Waals surface area (Å²) in [6, 6.07) is 0. The highest BCUT2D eigenvalue weighted by molar-refractivity contribution is 5.15. The second-order valence-electron chi connectivity index (χ2n) is 8.26. The summed E-state index contributed by atoms with van der Waals surface area (Å²) in [5.74, 6) is -57.1. The first kappa shape index (κ1) is 32.7. The first-order valence-corrected chi connectivity index (χ1v) is 9.52. The van der Waals surface area contributed by atoms with Gasteiger partial charge < -0.3 is 15.0 Å². The number of aliphatic hydroxyl groups excluding tert-OH is 1. The molecule has 0 aromatic rings. The van der Waals surface area contributed by atoms with Crippen molar-refractivity contribution in [3.8, 4) is 0 Å². The Morgan fingerprint density at radius 3 is 1.25 bits per heavy atom. The summed E-state index contributed by atoms with van der Waals surface area (Å²) in [4.78, 5) is 0. The molecule has 0 amide bonds. The second-order valence-corrected chi connectivity index (χ2v) is 8.26. The van der Waals surface area contributed by atoms with Gasteiger partial charge in [0.1, 0.15) is 12.6 Å². The van der Waals surface area contributed by atoms with Crippen LogP contribution in [0.1, 0.15) is 25.7 Å². The molecule has 20 heteroatoms. The lowest BCUT2D eigenvalue weighted by Crippen LogP contribution is -2.74. The molecular formula is C16H16F17NO2. The fourth-order valence-electron chi connectivity index (χ4n) is 3.34. The number of aliphatic hydroxyl groups is 1. The fraction of sp³-hybridized carbons (Fsp3) is 1.00. The van der Waals surface area contributed by atoms with Crippen molar-refractivity contribution in [3.05, 3.63) is 5.21 Å². The van der Waals surface area contributed by atoms with E-state index in [-0.39, 0.29) is 25.9 Å². The van der Waals surface area contributed by atoms with Gasteiger partial charge in [0.2, 0.25) is 0 Å². The molecule has 0 saturated carbocycles. The van der Waals surface area contributed by atoms with E-state index in [0.29, 0.717) is 6.42 Å². The zero-order valence-electron chi connectivity index (χ0n) is 17.3. The highest BCUT2D eigenvalue weighted by Gasteiger charge is 2.95. The van der Waals surface area contributed by atoms with Crippen LogP contribution in [0.2, 0.25) is 0 Å². The number of halogens is 17. The maximum atomic E-state index is 13.9. The lowest BCUT2D eigenvalue weighted by atomic mass is 9.87. The Morgan fingerprint density at radius 2 is 0.889 bits per heavy atom. The monoisotopic (exact) mass is 577 g/mol. The molecule has 1 aliphatic heterocycles. The van der Waals surface area contributed by atoms with Crippen LogP contribution in [0.4, 0.5) is 74.6 Å². The molecule has 1 rings (SSSR count). The molecule has 3 nitrogen and oxygen atoms in total. The number of likely N-dealkylation sites (tertiary alicyclic amines) is 1. The van der Waals surface area contributed by atoms with Crippen molar-refractivity contribution in [2.24, 2.45) is 0 Å². The summed E-state index contributed by atoms with van der Waals surface area (Å²) in [5, 5.41) is 21.6. The number of nitrogens with zero attached hydrogens (tertiary/aromatic N) is 1. The minimum atomic E-state index is -8.70. The summed E-state index contributed by atoms with van der Waals surface area (Å²) in [6.45, 7) is -2.18. The highest BCUT2D eigenvalue weighted by atomic mass is 19.4. The van der Waals surface area contributed by atoms with E-state index in [0.717, 1.165) is 0 Å². The molecule has 0 radical (unpaired) electrons. The third-order valence-corrected chi connectivity index (χ3v) is 5.45. The van der Waals surface area contributed by atoms with Gasteiger partial charge in [-0.1, -0.05) is 0 Å². The van der Waals surface area contributed by atoms with Crippen molar-refractivity contribution in [3.63, 3.8) is 0 Å². The smallest absolute Gasteiger partial charge is 0.460 e. The van der Waals surface area contributed by atoms with Crippen molar-refractivity contribution >= 4 is 0 Å². The fourth-order valence-corrected chi connectivity index (χ4v) is 3.34. The Kier molecular flexibility index (Phi) is 8.33. The average Bonchev–Trinajstić information content (AvgIpc) is 2.65. The molecular weight excluding hydrogens is 561 g/mol. The van der Waals surface area contributed by atoms with Crippen LogP contribution in [0.3, 0.4) is 0 Å². The van der Waals surface area contributed by atoms with Crippen LogP contribution in [-0.4, -0.2) is 83.1 Å². The molecule has 1 atom stereocenters. The van der Waals surface area contributed by atoms with Crippen LogP contribution >= 0.6 is 0 Å². The Hall–Kier alpha value is -1.31. The van der Waals surface area contributed by atoms with E-state index in [9.17, 15) is 85.0 Å². The van der Waals surface area contributed by atoms with Crippen molar-refractivity contribution in [1.29, 1.82) is 0 Å². The SMILES string of the molecule is [O-][N+]1(CC(O)CC(F)(F)C(F)(F)C(F)(F)C(F)(F)C(F)(F)C(F)(F)C(F)(F)C(F)(F)F)CCCCC1. The molecule has 1 fully saturated rings. The Labute approximate surface area is 190 Å². The summed E-state index contributed by atoms with van der Waals surface area (Å²) in [6.07, 6.45) is -13.1. The molecule has 0 aromatic heterocycles. The zero-order valence-corrected chi connectivity index (χ0v) is 17.3. The zero-order chi connectivity index (χ0) is 29.0. The van der Waals surface area contributed by atoms with E-state index in [1.54, 1.807) is 0 Å². The molecule has 0 spiro atoms. The average molecular weight is 577 g/mol. The third-order valence-electron chi connectivity index (χ3n) is 5.45. The molecule has 0 bridgehead atoms. The lowest BCUT2D eigenvalue weighted by molar-refractivity contribution is -0.888. The van der Waals surface area contributed by atoms with Crippen LogP contribution in [0.25, 0.3) is 0 Å². The van der Waals surface area contributed by atoms with Crippen molar-refractivity contribution in [2.45, 2.75) is 79.4 Å². The van der Waals surface area contributed by atoms with E-state index >= 15 is 0 Å². The molecule has 1 aliphatic rings. The van der Waals surface area contributed by atoms with Gasteiger partial charge in [-0.2, -0.15) is 74.6 Å². The van der Waals surface area contributed by atoms with E-state index in [2.05, 4.69) is 0 Å². The predicted octanol–water partition coefficient (Wildman–Crippen LogP) is 6.25. The molecule has 0 aliphatic carbocycles. The minimum absolute atomic E-state index is 0.138. The van der Waals surface area contributed by atoms with Crippen molar-refractivity contribution in [1.82, 2.24) is 0 Å². The Morgan fingerprint density at radius 1 is 0.556 bits per heavy atom. The normalized spacial score (nSPS) is 20.4.